The Balaban J connectivity index is 1.82. The van der Waals surface area contributed by atoms with E-state index in [9.17, 15) is 4.79 Å². The number of halogens is 1. The number of carbonyl (C=O) groups excluding carboxylic acids is 1. The molecule has 0 radical (unpaired) electrons. The molecule has 1 amide bonds. The van der Waals surface area contributed by atoms with Crippen LogP contribution in [0.3, 0.4) is 0 Å². The number of H-pyrrole nitrogens is 1. The Morgan fingerprint density at radius 2 is 2.10 bits per heavy atom. The number of rotatable bonds is 3. The Morgan fingerprint density at radius 1 is 1.29 bits per heavy atom. The van der Waals surface area contributed by atoms with Gasteiger partial charge in [-0.25, -0.2) is 0 Å². The first-order chi connectivity index (χ1) is 10.0. The van der Waals surface area contributed by atoms with Gasteiger partial charge in [0.15, 0.2) is 4.67 Å². The van der Waals surface area contributed by atoms with Gasteiger partial charge < -0.3 is 14.3 Å². The minimum atomic E-state index is -0.0589. The van der Waals surface area contributed by atoms with Crippen LogP contribution in [0, 0.1) is 6.92 Å². The average Bonchev–Trinajstić information content (AvgIpc) is 3.03. The van der Waals surface area contributed by atoms with Crippen LogP contribution in [-0.4, -0.2) is 22.8 Å². The highest BCUT2D eigenvalue weighted by atomic mass is 79.9. The molecule has 5 heteroatoms. The van der Waals surface area contributed by atoms with Crippen molar-refractivity contribution in [1.82, 2.24) is 9.88 Å². The lowest BCUT2D eigenvalue weighted by molar-refractivity contribution is 0.0770. The van der Waals surface area contributed by atoms with E-state index in [1.807, 2.05) is 37.3 Å². The standard InChI is InChI=1S/C16H15BrN2O2/c1-10-3-5-13-11(7-10)8-14(18-13)16(20)19(2)9-12-4-6-15(17)21-12/h3-8,18H,9H2,1-2H3. The molecule has 1 N–H and O–H groups in total. The van der Waals surface area contributed by atoms with Crippen LogP contribution in [0.1, 0.15) is 21.8 Å². The van der Waals surface area contributed by atoms with Crippen LogP contribution < -0.4 is 0 Å². The van der Waals surface area contributed by atoms with Gasteiger partial charge in [0.2, 0.25) is 0 Å². The van der Waals surface area contributed by atoms with Crippen molar-refractivity contribution in [3.05, 3.63) is 58.1 Å². The molecule has 0 aliphatic carbocycles. The molecule has 0 unspecified atom stereocenters. The summed E-state index contributed by atoms with van der Waals surface area (Å²) in [6, 6.07) is 11.6. The number of aromatic nitrogens is 1. The summed E-state index contributed by atoms with van der Waals surface area (Å²) in [5, 5.41) is 1.05. The summed E-state index contributed by atoms with van der Waals surface area (Å²) >= 11 is 3.26. The Labute approximate surface area is 130 Å². The van der Waals surface area contributed by atoms with Crippen LogP contribution in [0.4, 0.5) is 0 Å². The van der Waals surface area contributed by atoms with Crippen molar-refractivity contribution in [3.8, 4) is 0 Å². The third-order valence-corrected chi connectivity index (χ3v) is 3.80. The Hall–Kier alpha value is -2.01. The van der Waals surface area contributed by atoms with Crippen molar-refractivity contribution in [2.75, 3.05) is 7.05 Å². The van der Waals surface area contributed by atoms with Gasteiger partial charge in [-0.15, -0.1) is 0 Å². The molecule has 108 valence electrons. The summed E-state index contributed by atoms with van der Waals surface area (Å²) in [4.78, 5) is 17.2. The summed E-state index contributed by atoms with van der Waals surface area (Å²) in [5.41, 5.74) is 2.73. The van der Waals surface area contributed by atoms with Crippen molar-refractivity contribution < 1.29 is 9.21 Å². The number of amides is 1. The largest absolute Gasteiger partial charge is 0.452 e. The molecule has 2 aromatic heterocycles. The highest BCUT2D eigenvalue weighted by Gasteiger charge is 2.16. The number of aromatic amines is 1. The second kappa shape index (κ2) is 5.41. The monoisotopic (exact) mass is 346 g/mol. The van der Waals surface area contributed by atoms with Gasteiger partial charge in [-0.3, -0.25) is 4.79 Å². The van der Waals surface area contributed by atoms with E-state index in [1.165, 1.54) is 5.56 Å². The van der Waals surface area contributed by atoms with E-state index in [0.717, 1.165) is 16.7 Å². The molecule has 0 aliphatic heterocycles. The normalized spacial score (nSPS) is 11.0. The summed E-state index contributed by atoms with van der Waals surface area (Å²) in [6.07, 6.45) is 0. The third-order valence-electron chi connectivity index (χ3n) is 3.38. The fraction of sp³-hybridized carbons (Fsp3) is 0.188. The van der Waals surface area contributed by atoms with Crippen molar-refractivity contribution in [3.63, 3.8) is 0 Å². The molecule has 4 nitrogen and oxygen atoms in total. The second-order valence-electron chi connectivity index (χ2n) is 5.14. The molecule has 0 saturated heterocycles. The van der Waals surface area contributed by atoms with Crippen LogP contribution in [0.5, 0.6) is 0 Å². The molecule has 3 rings (SSSR count). The highest BCUT2D eigenvalue weighted by molar-refractivity contribution is 9.10. The lowest BCUT2D eigenvalue weighted by atomic mass is 10.2. The Kier molecular flexibility index (Phi) is 3.59. The van der Waals surface area contributed by atoms with Gasteiger partial charge in [-0.05, 0) is 53.2 Å². The molecule has 2 heterocycles. The molecule has 1 aromatic carbocycles. The van der Waals surface area contributed by atoms with Crippen LogP contribution in [0.15, 0.2) is 45.5 Å². The van der Waals surface area contributed by atoms with Gasteiger partial charge >= 0.3 is 0 Å². The molecule has 0 spiro atoms. The SMILES string of the molecule is Cc1ccc2[nH]c(C(=O)N(C)Cc3ccc(Br)o3)cc2c1. The molecule has 0 fully saturated rings. The van der Waals surface area contributed by atoms with Crippen molar-refractivity contribution >= 4 is 32.7 Å². The molecule has 21 heavy (non-hydrogen) atoms. The van der Waals surface area contributed by atoms with Crippen LogP contribution in [0.25, 0.3) is 10.9 Å². The maximum absolute atomic E-state index is 12.5. The summed E-state index contributed by atoms with van der Waals surface area (Å²) < 4.78 is 6.09. The zero-order valence-electron chi connectivity index (χ0n) is 11.8. The first kappa shape index (κ1) is 13.9. The minimum absolute atomic E-state index is 0.0589. The van der Waals surface area contributed by atoms with Crippen molar-refractivity contribution in [1.29, 1.82) is 0 Å². The first-order valence-electron chi connectivity index (χ1n) is 6.62. The third kappa shape index (κ3) is 2.88. The van der Waals surface area contributed by atoms with Gasteiger partial charge in [0.05, 0.1) is 6.54 Å². The maximum atomic E-state index is 12.5. The number of nitrogens with one attached hydrogen (secondary N) is 1. The molecule has 0 saturated carbocycles. The second-order valence-corrected chi connectivity index (χ2v) is 5.92. The number of aryl methyl sites for hydroxylation is 1. The fourth-order valence-electron chi connectivity index (χ4n) is 2.32. The molecular weight excluding hydrogens is 332 g/mol. The summed E-state index contributed by atoms with van der Waals surface area (Å²) in [6.45, 7) is 2.47. The fourth-order valence-corrected chi connectivity index (χ4v) is 2.66. The zero-order chi connectivity index (χ0) is 15.0. The highest BCUT2D eigenvalue weighted by Crippen LogP contribution is 2.19. The van der Waals surface area contributed by atoms with E-state index in [4.69, 9.17) is 4.42 Å². The first-order valence-corrected chi connectivity index (χ1v) is 7.41. The molecule has 0 atom stereocenters. The van der Waals surface area contributed by atoms with Crippen LogP contribution >= 0.6 is 15.9 Å². The predicted octanol–water partition coefficient (Wildman–Crippen LogP) is 4.10. The van der Waals surface area contributed by atoms with Gasteiger partial charge in [0, 0.05) is 18.0 Å². The Morgan fingerprint density at radius 3 is 2.81 bits per heavy atom. The summed E-state index contributed by atoms with van der Waals surface area (Å²) in [5.74, 6) is 0.682. The van der Waals surface area contributed by atoms with E-state index in [2.05, 4.69) is 27.0 Å². The van der Waals surface area contributed by atoms with E-state index < -0.39 is 0 Å². The number of furan rings is 1. The van der Waals surface area contributed by atoms with Crippen LogP contribution in [-0.2, 0) is 6.54 Å². The van der Waals surface area contributed by atoms with Gasteiger partial charge in [0.1, 0.15) is 11.5 Å². The number of hydrogen-bond acceptors (Lipinski definition) is 2. The average molecular weight is 347 g/mol. The topological polar surface area (TPSA) is 49.2 Å². The van der Waals surface area contributed by atoms with E-state index >= 15 is 0 Å². The smallest absolute Gasteiger partial charge is 0.270 e. The number of nitrogens with zero attached hydrogens (tertiary/aromatic N) is 1. The Bertz CT molecular complexity index is 804. The minimum Gasteiger partial charge on any atom is -0.452 e. The van der Waals surface area contributed by atoms with Gasteiger partial charge in [-0.2, -0.15) is 0 Å². The quantitative estimate of drug-likeness (QED) is 0.775. The summed E-state index contributed by atoms with van der Waals surface area (Å²) in [7, 11) is 1.76. The maximum Gasteiger partial charge on any atom is 0.270 e. The number of benzene rings is 1. The number of fused-ring (bicyclic) bond motifs is 1. The lowest BCUT2D eigenvalue weighted by Gasteiger charge is -2.14. The molecule has 0 bridgehead atoms. The van der Waals surface area contributed by atoms with Crippen LogP contribution in [0.2, 0.25) is 0 Å². The molecule has 3 aromatic rings. The number of hydrogen-bond donors (Lipinski definition) is 1. The van der Waals surface area contributed by atoms with E-state index in [1.54, 1.807) is 11.9 Å². The van der Waals surface area contributed by atoms with E-state index in [0.29, 0.717) is 16.9 Å². The molecule has 0 aliphatic rings. The number of carbonyl (C=O) groups is 1. The van der Waals surface area contributed by atoms with Crippen molar-refractivity contribution in [2.24, 2.45) is 0 Å². The van der Waals surface area contributed by atoms with Gasteiger partial charge in [-0.1, -0.05) is 11.6 Å². The van der Waals surface area contributed by atoms with Crippen molar-refractivity contribution in [2.45, 2.75) is 13.5 Å². The van der Waals surface area contributed by atoms with Gasteiger partial charge in [0.25, 0.3) is 5.91 Å². The van der Waals surface area contributed by atoms with E-state index in [-0.39, 0.29) is 5.91 Å². The lowest BCUT2D eigenvalue weighted by Crippen LogP contribution is -2.26. The predicted molar refractivity (Wildman–Crippen MR) is 85.2 cm³/mol. The molecular formula is C16H15BrN2O2. The zero-order valence-corrected chi connectivity index (χ0v) is 13.4.